The second kappa shape index (κ2) is 10.4. The second-order valence-electron chi connectivity index (χ2n) is 8.61. The number of fused-ring (bicyclic) bond motifs is 1. The first-order valence-corrected chi connectivity index (χ1v) is 12.6. The normalized spacial score (nSPS) is 15.2. The fraction of sp³-hybridized carbons (Fsp3) is 0.417. The van der Waals surface area contributed by atoms with E-state index in [1.807, 2.05) is 0 Å². The number of aromatic nitrogens is 5. The third kappa shape index (κ3) is 4.65. The van der Waals surface area contributed by atoms with Gasteiger partial charge in [0.2, 0.25) is 0 Å². The molecule has 37 heavy (non-hydrogen) atoms. The molecule has 3 aromatic heterocycles. The number of halogens is 1. The lowest BCUT2D eigenvalue weighted by atomic mass is 10.1. The lowest BCUT2D eigenvalue weighted by Gasteiger charge is -2.29. The molecule has 0 saturated carbocycles. The number of nitrogens with one attached hydrogen (secondary N) is 1. The number of hydrogen-bond acceptors (Lipinski definition) is 9. The predicted molar refractivity (Wildman–Crippen MR) is 136 cm³/mol. The van der Waals surface area contributed by atoms with Crippen LogP contribution < -0.4 is 21.4 Å². The van der Waals surface area contributed by atoms with Crippen molar-refractivity contribution >= 4 is 21.6 Å². The highest BCUT2D eigenvalue weighted by atomic mass is 32.1. The van der Waals surface area contributed by atoms with E-state index >= 15 is 0 Å². The van der Waals surface area contributed by atoms with Gasteiger partial charge in [-0.05, 0) is 38.0 Å². The topological polar surface area (TPSA) is 114 Å². The first-order chi connectivity index (χ1) is 17.9. The van der Waals surface area contributed by atoms with Gasteiger partial charge in [-0.2, -0.15) is 14.9 Å². The number of benzene rings is 1. The molecule has 1 N–H and O–H groups in total. The van der Waals surface area contributed by atoms with Crippen LogP contribution in [0.25, 0.3) is 15.2 Å². The Morgan fingerprint density at radius 2 is 1.97 bits per heavy atom. The third-order valence-electron chi connectivity index (χ3n) is 6.42. The summed E-state index contributed by atoms with van der Waals surface area (Å²) in [5.74, 6) is -0.0124. The fourth-order valence-corrected chi connectivity index (χ4v) is 5.81. The summed E-state index contributed by atoms with van der Waals surface area (Å²) in [7, 11) is 3.00. The summed E-state index contributed by atoms with van der Waals surface area (Å²) in [6.45, 7) is 2.91. The van der Waals surface area contributed by atoms with Crippen LogP contribution in [0.3, 0.4) is 0 Å². The number of hydrogen-bond donors (Lipinski definition) is 1. The maximum absolute atomic E-state index is 14.4. The van der Waals surface area contributed by atoms with Crippen LogP contribution in [0.2, 0.25) is 0 Å². The molecule has 4 aromatic rings. The zero-order valence-electron chi connectivity index (χ0n) is 20.6. The van der Waals surface area contributed by atoms with E-state index in [-0.39, 0.29) is 12.6 Å². The molecule has 1 aliphatic rings. The first kappa shape index (κ1) is 25.1. The minimum absolute atomic E-state index is 0.0143. The van der Waals surface area contributed by atoms with Crippen molar-refractivity contribution < 1.29 is 18.6 Å². The number of aryl methyl sites for hydroxylation is 1. The van der Waals surface area contributed by atoms with Crippen LogP contribution in [-0.4, -0.2) is 57.7 Å². The van der Waals surface area contributed by atoms with Gasteiger partial charge < -0.3 is 19.6 Å². The smallest absolute Gasteiger partial charge is 0.351 e. The van der Waals surface area contributed by atoms with E-state index in [1.54, 1.807) is 6.92 Å². The lowest BCUT2D eigenvalue weighted by molar-refractivity contribution is -0.0753. The molecular formula is C24H27FN6O5S. The number of nitrogens with zero attached hydrogens (tertiary/aromatic N) is 5. The highest BCUT2D eigenvalue weighted by Crippen LogP contribution is 2.35. The van der Waals surface area contributed by atoms with Crippen LogP contribution in [-0.2, 0) is 16.0 Å². The van der Waals surface area contributed by atoms with Gasteiger partial charge in [-0.3, -0.25) is 9.36 Å². The Morgan fingerprint density at radius 1 is 1.24 bits per heavy atom. The van der Waals surface area contributed by atoms with Crippen LogP contribution >= 0.6 is 11.3 Å². The van der Waals surface area contributed by atoms with E-state index in [0.29, 0.717) is 58.1 Å². The van der Waals surface area contributed by atoms with Crippen LogP contribution in [0.4, 0.5) is 4.39 Å². The zero-order valence-corrected chi connectivity index (χ0v) is 21.5. The Balaban J connectivity index is 1.69. The Labute approximate surface area is 215 Å². The zero-order chi connectivity index (χ0) is 26.1. The molecule has 0 radical (unpaired) electrons. The molecule has 1 fully saturated rings. The van der Waals surface area contributed by atoms with Gasteiger partial charge in [-0.15, -0.1) is 4.80 Å². The molecular weight excluding hydrogens is 503 g/mol. The van der Waals surface area contributed by atoms with Gasteiger partial charge in [0.1, 0.15) is 27.5 Å². The van der Waals surface area contributed by atoms with E-state index in [1.165, 1.54) is 65.5 Å². The van der Waals surface area contributed by atoms with Crippen molar-refractivity contribution in [2.45, 2.75) is 38.5 Å². The second-order valence-corrected chi connectivity index (χ2v) is 9.59. The van der Waals surface area contributed by atoms with Crippen molar-refractivity contribution in [1.82, 2.24) is 24.2 Å². The quantitative estimate of drug-likeness (QED) is 0.369. The van der Waals surface area contributed by atoms with Crippen molar-refractivity contribution in [3.8, 4) is 10.8 Å². The number of ether oxygens (including phenoxy) is 3. The summed E-state index contributed by atoms with van der Waals surface area (Å²) in [6.07, 6.45) is 3.52. The summed E-state index contributed by atoms with van der Waals surface area (Å²) in [5, 5.41) is 9.37. The molecule has 0 bridgehead atoms. The molecule has 0 aliphatic carbocycles. The monoisotopic (exact) mass is 530 g/mol. The van der Waals surface area contributed by atoms with Crippen molar-refractivity contribution in [1.29, 1.82) is 0 Å². The van der Waals surface area contributed by atoms with E-state index in [9.17, 15) is 14.0 Å². The Hall–Kier alpha value is -3.55. The Bertz CT molecular complexity index is 1520. The highest BCUT2D eigenvalue weighted by molar-refractivity contribution is 7.21. The average molecular weight is 531 g/mol. The standard InChI is InChI=1S/C24H27FN6O5S/c1-14-20-21(32)30(26-2)24(33)29(23(20)37-22(14)31-27-8-9-28-31)13-19(36-16-6-10-35-11-7-16)17-12-15(25)4-5-18(17)34-3/h4-5,8-9,12,16,19,26H,6-7,10-11,13H2,1-3H3. The molecule has 1 aliphatic heterocycles. The molecule has 0 spiro atoms. The van der Waals surface area contributed by atoms with E-state index in [0.717, 1.165) is 4.68 Å². The van der Waals surface area contributed by atoms with Crippen molar-refractivity contribution in [3.05, 3.63) is 68.4 Å². The van der Waals surface area contributed by atoms with Gasteiger partial charge >= 0.3 is 5.69 Å². The van der Waals surface area contributed by atoms with Crippen molar-refractivity contribution in [2.75, 3.05) is 32.8 Å². The van der Waals surface area contributed by atoms with E-state index in [4.69, 9.17) is 14.2 Å². The van der Waals surface area contributed by atoms with Gasteiger partial charge in [0, 0.05) is 31.4 Å². The van der Waals surface area contributed by atoms with E-state index < -0.39 is 23.2 Å². The van der Waals surface area contributed by atoms with Crippen LogP contribution in [0, 0.1) is 12.7 Å². The molecule has 1 atom stereocenters. The van der Waals surface area contributed by atoms with Gasteiger partial charge in [-0.1, -0.05) is 11.3 Å². The highest BCUT2D eigenvalue weighted by Gasteiger charge is 2.28. The summed E-state index contributed by atoms with van der Waals surface area (Å²) < 4.78 is 34.3. The maximum Gasteiger partial charge on any atom is 0.351 e. The van der Waals surface area contributed by atoms with E-state index in [2.05, 4.69) is 15.6 Å². The summed E-state index contributed by atoms with van der Waals surface area (Å²) in [4.78, 5) is 28.7. The van der Waals surface area contributed by atoms with Crippen LogP contribution in [0.5, 0.6) is 5.75 Å². The molecule has 5 rings (SSSR count). The SMILES string of the molecule is CNn1c(=O)c2c(C)c(-n3nccn3)sc2n(CC(OC2CCOCC2)c2cc(F)ccc2OC)c1=O. The van der Waals surface area contributed by atoms with Gasteiger partial charge in [0.15, 0.2) is 0 Å². The molecule has 4 heterocycles. The Morgan fingerprint density at radius 3 is 2.65 bits per heavy atom. The fourth-order valence-electron chi connectivity index (χ4n) is 4.59. The number of rotatable bonds is 8. The molecule has 196 valence electrons. The molecule has 11 nitrogen and oxygen atoms in total. The largest absolute Gasteiger partial charge is 0.496 e. The minimum atomic E-state index is -0.744. The summed E-state index contributed by atoms with van der Waals surface area (Å²) >= 11 is 1.23. The van der Waals surface area contributed by atoms with Gasteiger partial charge in [0.25, 0.3) is 5.56 Å². The van der Waals surface area contributed by atoms with Crippen molar-refractivity contribution in [2.24, 2.45) is 0 Å². The van der Waals surface area contributed by atoms with Crippen LogP contribution in [0.1, 0.15) is 30.1 Å². The minimum Gasteiger partial charge on any atom is -0.496 e. The molecule has 1 unspecified atom stereocenters. The third-order valence-corrected chi connectivity index (χ3v) is 7.70. The number of thiophene rings is 1. The summed E-state index contributed by atoms with van der Waals surface area (Å²) in [5.41, 5.74) is 2.75. The maximum atomic E-state index is 14.4. The Kier molecular flexibility index (Phi) is 7.09. The average Bonchev–Trinajstić information content (AvgIpc) is 3.55. The summed E-state index contributed by atoms with van der Waals surface area (Å²) in [6, 6.07) is 4.21. The van der Waals surface area contributed by atoms with Gasteiger partial charge in [-0.25, -0.2) is 9.18 Å². The van der Waals surface area contributed by atoms with Crippen molar-refractivity contribution in [3.63, 3.8) is 0 Å². The molecule has 13 heteroatoms. The molecule has 1 aromatic carbocycles. The van der Waals surface area contributed by atoms with Gasteiger partial charge in [0.05, 0.1) is 37.5 Å². The lowest BCUT2D eigenvalue weighted by Crippen LogP contribution is -2.44. The molecule has 1 saturated heterocycles. The molecule has 0 amide bonds. The van der Waals surface area contributed by atoms with Crippen LogP contribution in [0.15, 0.2) is 40.2 Å². The predicted octanol–water partition coefficient (Wildman–Crippen LogP) is 2.37. The first-order valence-electron chi connectivity index (χ1n) is 11.8. The number of methoxy groups -OCH3 is 1.